The topological polar surface area (TPSA) is 62.7 Å². The van der Waals surface area contributed by atoms with E-state index in [-0.39, 0.29) is 24.1 Å². The number of benzene rings is 1. The lowest BCUT2D eigenvalue weighted by Gasteiger charge is -2.39. The van der Waals surface area contributed by atoms with Gasteiger partial charge in [-0.1, -0.05) is 24.3 Å². The molecule has 0 radical (unpaired) electrons. The summed E-state index contributed by atoms with van der Waals surface area (Å²) in [4.78, 5) is 34.7. The van der Waals surface area contributed by atoms with E-state index in [2.05, 4.69) is 4.98 Å². The maximum absolute atomic E-state index is 13.2. The minimum absolute atomic E-state index is 0.0189. The molecule has 2 aromatic rings. The Bertz CT molecular complexity index is 935. The van der Waals surface area contributed by atoms with Crippen molar-refractivity contribution >= 4 is 17.8 Å². The number of rotatable bonds is 4. The molecule has 6 nitrogen and oxygen atoms in total. The monoisotopic (exact) mass is 421 g/mol. The van der Waals surface area contributed by atoms with Crippen molar-refractivity contribution in [3.63, 3.8) is 0 Å². The Balaban J connectivity index is 1.68. The molecule has 2 fully saturated rings. The zero-order valence-electron chi connectivity index (χ0n) is 18.6. The Morgan fingerprint density at radius 3 is 2.42 bits per heavy atom. The van der Waals surface area contributed by atoms with Crippen LogP contribution in [0.2, 0.25) is 0 Å². The molecule has 4 rings (SSSR count). The molecule has 1 saturated carbocycles. The van der Waals surface area contributed by atoms with Gasteiger partial charge in [-0.05, 0) is 71.1 Å². The summed E-state index contributed by atoms with van der Waals surface area (Å²) >= 11 is 0. The fourth-order valence-corrected chi connectivity index (χ4v) is 4.31. The van der Waals surface area contributed by atoms with Gasteiger partial charge in [0.15, 0.2) is 0 Å². The molecular weight excluding hydrogens is 390 g/mol. The van der Waals surface area contributed by atoms with Crippen molar-refractivity contribution in [1.82, 2.24) is 9.88 Å². The van der Waals surface area contributed by atoms with E-state index in [0.29, 0.717) is 17.9 Å². The number of hydrogen-bond donors (Lipinski definition) is 0. The summed E-state index contributed by atoms with van der Waals surface area (Å²) in [5.41, 5.74) is 1.02. The van der Waals surface area contributed by atoms with Crippen LogP contribution >= 0.6 is 0 Å². The van der Waals surface area contributed by atoms with Crippen molar-refractivity contribution in [2.45, 2.75) is 70.6 Å². The van der Waals surface area contributed by atoms with Gasteiger partial charge in [0, 0.05) is 29.9 Å². The van der Waals surface area contributed by atoms with Crippen LogP contribution in [-0.4, -0.2) is 40.1 Å². The molecule has 1 atom stereocenters. The SMILES string of the molecule is CC(C)(C)OC(=O)N(c1ncccc1C1CCCN1C(=O)c1ccccc1)C1CCC1. The third kappa shape index (κ3) is 4.58. The molecule has 0 N–H and O–H groups in total. The lowest BCUT2D eigenvalue weighted by atomic mass is 9.91. The lowest BCUT2D eigenvalue weighted by Crippen LogP contribution is -2.48. The molecule has 1 saturated heterocycles. The zero-order valence-corrected chi connectivity index (χ0v) is 18.6. The molecule has 6 heteroatoms. The number of hydrogen-bond acceptors (Lipinski definition) is 4. The van der Waals surface area contributed by atoms with Crippen LogP contribution in [0.5, 0.6) is 0 Å². The van der Waals surface area contributed by atoms with Gasteiger partial charge in [0.05, 0.1) is 6.04 Å². The van der Waals surface area contributed by atoms with Crippen LogP contribution in [0.3, 0.4) is 0 Å². The summed E-state index contributed by atoms with van der Waals surface area (Å²) in [6, 6.07) is 13.2. The molecule has 2 amide bonds. The van der Waals surface area contributed by atoms with Crippen LogP contribution < -0.4 is 4.90 Å². The largest absolute Gasteiger partial charge is 0.443 e. The first kappa shape index (κ1) is 21.3. The van der Waals surface area contributed by atoms with Crippen molar-refractivity contribution in [2.24, 2.45) is 0 Å². The highest BCUT2D eigenvalue weighted by atomic mass is 16.6. The Morgan fingerprint density at radius 1 is 1.03 bits per heavy atom. The van der Waals surface area contributed by atoms with Crippen LogP contribution in [0.1, 0.15) is 74.8 Å². The molecular formula is C25H31N3O3. The number of aromatic nitrogens is 1. The van der Waals surface area contributed by atoms with Crippen molar-refractivity contribution in [3.8, 4) is 0 Å². The minimum Gasteiger partial charge on any atom is -0.443 e. The van der Waals surface area contributed by atoms with Gasteiger partial charge in [0.1, 0.15) is 11.4 Å². The fourth-order valence-electron chi connectivity index (χ4n) is 4.31. The lowest BCUT2D eigenvalue weighted by molar-refractivity contribution is 0.0547. The fraction of sp³-hybridized carbons (Fsp3) is 0.480. The molecule has 1 aliphatic carbocycles. The number of carbonyl (C=O) groups is 2. The van der Waals surface area contributed by atoms with E-state index in [1.165, 1.54) is 0 Å². The molecule has 1 aromatic carbocycles. The molecule has 1 unspecified atom stereocenters. The van der Waals surface area contributed by atoms with E-state index < -0.39 is 5.60 Å². The summed E-state index contributed by atoms with van der Waals surface area (Å²) in [6.45, 7) is 6.32. The molecule has 164 valence electrons. The number of amides is 2. The number of likely N-dealkylation sites (tertiary alicyclic amines) is 1. The summed E-state index contributed by atoms with van der Waals surface area (Å²) in [7, 11) is 0. The molecule has 2 heterocycles. The van der Waals surface area contributed by atoms with Crippen LogP contribution in [-0.2, 0) is 4.74 Å². The van der Waals surface area contributed by atoms with Crippen LogP contribution in [0.15, 0.2) is 48.7 Å². The van der Waals surface area contributed by atoms with Gasteiger partial charge >= 0.3 is 6.09 Å². The quantitative estimate of drug-likeness (QED) is 0.667. The van der Waals surface area contributed by atoms with Crippen LogP contribution in [0, 0.1) is 0 Å². The zero-order chi connectivity index (χ0) is 22.0. The highest BCUT2D eigenvalue weighted by Crippen LogP contribution is 2.40. The van der Waals surface area contributed by atoms with E-state index in [1.807, 2.05) is 68.1 Å². The molecule has 1 aliphatic heterocycles. The highest BCUT2D eigenvalue weighted by molar-refractivity contribution is 5.95. The van der Waals surface area contributed by atoms with Gasteiger partial charge < -0.3 is 9.64 Å². The van der Waals surface area contributed by atoms with Gasteiger partial charge in [0.25, 0.3) is 5.91 Å². The molecule has 0 bridgehead atoms. The van der Waals surface area contributed by atoms with Crippen molar-refractivity contribution in [1.29, 1.82) is 0 Å². The Hall–Kier alpha value is -2.89. The first-order valence-electron chi connectivity index (χ1n) is 11.2. The molecule has 0 spiro atoms. The van der Waals surface area contributed by atoms with E-state index >= 15 is 0 Å². The molecule has 2 aliphatic rings. The third-order valence-corrected chi connectivity index (χ3v) is 5.97. The van der Waals surface area contributed by atoms with E-state index in [1.54, 1.807) is 11.1 Å². The van der Waals surface area contributed by atoms with Crippen molar-refractivity contribution < 1.29 is 14.3 Å². The van der Waals surface area contributed by atoms with Crippen LogP contribution in [0.4, 0.5) is 10.6 Å². The second-order valence-corrected chi connectivity index (χ2v) is 9.37. The summed E-state index contributed by atoms with van der Waals surface area (Å²) in [6.07, 6.45) is 6.09. The predicted molar refractivity (Wildman–Crippen MR) is 120 cm³/mol. The maximum Gasteiger partial charge on any atom is 0.416 e. The maximum atomic E-state index is 13.2. The van der Waals surface area contributed by atoms with Gasteiger partial charge in [-0.25, -0.2) is 9.78 Å². The Labute approximate surface area is 184 Å². The Morgan fingerprint density at radius 2 is 1.77 bits per heavy atom. The second-order valence-electron chi connectivity index (χ2n) is 9.37. The van der Waals surface area contributed by atoms with E-state index in [4.69, 9.17) is 4.74 Å². The minimum atomic E-state index is -0.587. The average Bonchev–Trinajstić information content (AvgIpc) is 3.19. The average molecular weight is 422 g/mol. The highest BCUT2D eigenvalue weighted by Gasteiger charge is 2.39. The van der Waals surface area contributed by atoms with E-state index in [0.717, 1.165) is 37.7 Å². The standard InChI is InChI=1S/C25H31N3O3/c1-25(2,3)31-24(30)28(19-12-7-13-19)22-20(14-8-16-26-22)21-15-9-17-27(21)23(29)18-10-5-4-6-11-18/h4-6,8,10-11,14,16,19,21H,7,9,12-13,15,17H2,1-3H3. The second kappa shape index (κ2) is 8.69. The first-order chi connectivity index (χ1) is 14.8. The Kier molecular flexibility index (Phi) is 5.99. The van der Waals surface area contributed by atoms with Gasteiger partial charge in [-0.3, -0.25) is 9.69 Å². The van der Waals surface area contributed by atoms with Crippen molar-refractivity contribution in [2.75, 3.05) is 11.4 Å². The van der Waals surface area contributed by atoms with Gasteiger partial charge in [0.2, 0.25) is 0 Å². The molecule has 31 heavy (non-hydrogen) atoms. The summed E-state index contributed by atoms with van der Waals surface area (Å²) in [5.74, 6) is 0.643. The van der Waals surface area contributed by atoms with Gasteiger partial charge in [-0.15, -0.1) is 0 Å². The number of nitrogens with zero attached hydrogens (tertiary/aromatic N) is 3. The third-order valence-electron chi connectivity index (χ3n) is 5.97. The number of anilines is 1. The van der Waals surface area contributed by atoms with E-state index in [9.17, 15) is 9.59 Å². The van der Waals surface area contributed by atoms with Crippen LogP contribution in [0.25, 0.3) is 0 Å². The van der Waals surface area contributed by atoms with Gasteiger partial charge in [-0.2, -0.15) is 0 Å². The summed E-state index contributed by atoms with van der Waals surface area (Å²) < 4.78 is 5.74. The summed E-state index contributed by atoms with van der Waals surface area (Å²) in [5, 5.41) is 0. The first-order valence-corrected chi connectivity index (χ1v) is 11.2. The number of ether oxygens (including phenoxy) is 1. The smallest absolute Gasteiger partial charge is 0.416 e. The predicted octanol–water partition coefficient (Wildman–Crippen LogP) is 5.35. The normalized spacial score (nSPS) is 19.1. The molecule has 1 aromatic heterocycles. The number of pyridine rings is 1. The number of carbonyl (C=O) groups excluding carboxylic acids is 2. The van der Waals surface area contributed by atoms with Crippen molar-refractivity contribution in [3.05, 3.63) is 59.8 Å².